The lowest BCUT2D eigenvalue weighted by atomic mass is 9.95. The summed E-state index contributed by atoms with van der Waals surface area (Å²) >= 11 is 0. The van der Waals surface area contributed by atoms with Gasteiger partial charge in [-0.2, -0.15) is 0 Å². The first-order valence-electron chi connectivity index (χ1n) is 6.92. The fraction of sp³-hybridized carbons (Fsp3) is 0.600. The standard InChI is InChI=1S/C15H22F2N2/c1-10(2)11-6-7-19(9-11)14(8-18)15-12(16)4-3-5-13(15)17/h3-5,10-11,14H,6-9,18H2,1-2H3. The van der Waals surface area contributed by atoms with Gasteiger partial charge in [0, 0.05) is 18.7 Å². The Morgan fingerprint density at radius 1 is 1.32 bits per heavy atom. The van der Waals surface area contributed by atoms with Gasteiger partial charge < -0.3 is 5.73 Å². The van der Waals surface area contributed by atoms with E-state index in [-0.39, 0.29) is 18.2 Å². The summed E-state index contributed by atoms with van der Waals surface area (Å²) in [5.74, 6) is 0.185. The van der Waals surface area contributed by atoms with Crippen molar-refractivity contribution in [2.45, 2.75) is 26.3 Å². The molecule has 2 nitrogen and oxygen atoms in total. The predicted molar refractivity (Wildman–Crippen MR) is 72.7 cm³/mol. The number of hydrogen-bond donors (Lipinski definition) is 1. The normalized spacial score (nSPS) is 22.1. The number of nitrogens with zero attached hydrogens (tertiary/aromatic N) is 1. The maximum Gasteiger partial charge on any atom is 0.130 e. The second-order valence-electron chi connectivity index (χ2n) is 5.67. The van der Waals surface area contributed by atoms with E-state index < -0.39 is 11.6 Å². The highest BCUT2D eigenvalue weighted by atomic mass is 19.1. The Bertz CT molecular complexity index is 414. The summed E-state index contributed by atoms with van der Waals surface area (Å²) < 4.78 is 27.7. The smallest absolute Gasteiger partial charge is 0.130 e. The van der Waals surface area contributed by atoms with E-state index in [1.54, 1.807) is 0 Å². The van der Waals surface area contributed by atoms with E-state index in [2.05, 4.69) is 18.7 Å². The summed E-state index contributed by atoms with van der Waals surface area (Å²) in [6.45, 7) is 6.35. The first kappa shape index (κ1) is 14.4. The Balaban J connectivity index is 2.22. The molecule has 2 rings (SSSR count). The molecule has 1 fully saturated rings. The zero-order valence-electron chi connectivity index (χ0n) is 11.6. The fourth-order valence-electron chi connectivity index (χ4n) is 2.92. The largest absolute Gasteiger partial charge is 0.329 e. The molecule has 1 aliphatic heterocycles. The molecule has 106 valence electrons. The van der Waals surface area contributed by atoms with E-state index in [1.807, 2.05) is 0 Å². The number of nitrogens with two attached hydrogens (primary N) is 1. The van der Waals surface area contributed by atoms with Crippen LogP contribution in [0.25, 0.3) is 0 Å². The van der Waals surface area contributed by atoms with Gasteiger partial charge in [0.15, 0.2) is 0 Å². The summed E-state index contributed by atoms with van der Waals surface area (Å²) in [6.07, 6.45) is 1.07. The summed E-state index contributed by atoms with van der Waals surface area (Å²) in [7, 11) is 0. The number of halogens is 2. The van der Waals surface area contributed by atoms with Crippen LogP contribution in [0.1, 0.15) is 31.9 Å². The summed E-state index contributed by atoms with van der Waals surface area (Å²) in [5.41, 5.74) is 5.89. The Labute approximate surface area is 113 Å². The van der Waals surface area contributed by atoms with Gasteiger partial charge in [-0.1, -0.05) is 19.9 Å². The van der Waals surface area contributed by atoms with E-state index >= 15 is 0 Å². The van der Waals surface area contributed by atoms with Gasteiger partial charge in [0.1, 0.15) is 11.6 Å². The highest BCUT2D eigenvalue weighted by Crippen LogP contribution is 2.32. The minimum absolute atomic E-state index is 0.120. The van der Waals surface area contributed by atoms with Gasteiger partial charge in [0.05, 0.1) is 6.04 Å². The third-order valence-corrected chi connectivity index (χ3v) is 4.20. The molecule has 1 aromatic rings. The lowest BCUT2D eigenvalue weighted by Crippen LogP contribution is -2.33. The van der Waals surface area contributed by atoms with Crippen LogP contribution in [0.4, 0.5) is 8.78 Å². The van der Waals surface area contributed by atoms with Crippen molar-refractivity contribution in [2.75, 3.05) is 19.6 Å². The first-order valence-corrected chi connectivity index (χ1v) is 6.92. The second-order valence-corrected chi connectivity index (χ2v) is 5.67. The molecule has 0 radical (unpaired) electrons. The molecule has 1 aromatic carbocycles. The molecule has 1 heterocycles. The Hall–Kier alpha value is -1.00. The third kappa shape index (κ3) is 2.95. The molecule has 4 heteroatoms. The number of hydrogen-bond acceptors (Lipinski definition) is 2. The van der Waals surface area contributed by atoms with Crippen molar-refractivity contribution in [2.24, 2.45) is 17.6 Å². The van der Waals surface area contributed by atoms with Gasteiger partial charge in [-0.25, -0.2) is 8.78 Å². The van der Waals surface area contributed by atoms with Crippen LogP contribution in [0.15, 0.2) is 18.2 Å². The molecule has 19 heavy (non-hydrogen) atoms. The zero-order valence-corrected chi connectivity index (χ0v) is 11.6. The van der Waals surface area contributed by atoms with Crippen molar-refractivity contribution in [3.63, 3.8) is 0 Å². The highest BCUT2D eigenvalue weighted by Gasteiger charge is 2.32. The fourth-order valence-corrected chi connectivity index (χ4v) is 2.92. The lowest BCUT2D eigenvalue weighted by molar-refractivity contribution is 0.222. The van der Waals surface area contributed by atoms with Crippen molar-refractivity contribution in [3.8, 4) is 0 Å². The second kappa shape index (κ2) is 5.97. The Morgan fingerprint density at radius 2 is 1.95 bits per heavy atom. The van der Waals surface area contributed by atoms with Crippen molar-refractivity contribution >= 4 is 0 Å². The molecule has 1 saturated heterocycles. The van der Waals surface area contributed by atoms with E-state index in [1.165, 1.54) is 18.2 Å². The number of likely N-dealkylation sites (tertiary alicyclic amines) is 1. The minimum Gasteiger partial charge on any atom is -0.329 e. The molecule has 2 atom stereocenters. The molecule has 2 unspecified atom stereocenters. The number of rotatable bonds is 4. The quantitative estimate of drug-likeness (QED) is 0.909. The van der Waals surface area contributed by atoms with Crippen LogP contribution in [0.3, 0.4) is 0 Å². The van der Waals surface area contributed by atoms with Crippen molar-refractivity contribution in [3.05, 3.63) is 35.4 Å². The average Bonchev–Trinajstić information content (AvgIpc) is 2.83. The van der Waals surface area contributed by atoms with Gasteiger partial charge >= 0.3 is 0 Å². The molecular weight excluding hydrogens is 246 g/mol. The topological polar surface area (TPSA) is 29.3 Å². The van der Waals surface area contributed by atoms with Crippen LogP contribution in [0.5, 0.6) is 0 Å². The van der Waals surface area contributed by atoms with Crippen LogP contribution in [-0.2, 0) is 0 Å². The maximum atomic E-state index is 13.9. The molecule has 0 aromatic heterocycles. The summed E-state index contributed by atoms with van der Waals surface area (Å²) in [6, 6.07) is 3.64. The van der Waals surface area contributed by atoms with Crippen molar-refractivity contribution in [1.29, 1.82) is 0 Å². The van der Waals surface area contributed by atoms with E-state index in [0.29, 0.717) is 11.8 Å². The van der Waals surface area contributed by atoms with Crippen molar-refractivity contribution < 1.29 is 8.78 Å². The molecule has 2 N–H and O–H groups in total. The SMILES string of the molecule is CC(C)C1CCN(C(CN)c2c(F)cccc2F)C1. The van der Waals surface area contributed by atoms with Crippen LogP contribution < -0.4 is 5.73 Å². The molecule has 1 aliphatic rings. The van der Waals surface area contributed by atoms with Crippen molar-refractivity contribution in [1.82, 2.24) is 4.90 Å². The lowest BCUT2D eigenvalue weighted by Gasteiger charge is -2.28. The first-order chi connectivity index (χ1) is 9.04. The third-order valence-electron chi connectivity index (χ3n) is 4.20. The van der Waals surface area contributed by atoms with Crippen LogP contribution in [-0.4, -0.2) is 24.5 Å². The monoisotopic (exact) mass is 268 g/mol. The molecule has 0 amide bonds. The summed E-state index contributed by atoms with van der Waals surface area (Å²) in [5, 5.41) is 0. The average molecular weight is 268 g/mol. The predicted octanol–water partition coefficient (Wildman–Crippen LogP) is 2.94. The Kier molecular flexibility index (Phi) is 4.53. The summed E-state index contributed by atoms with van der Waals surface area (Å²) in [4.78, 5) is 2.12. The van der Waals surface area contributed by atoms with Crippen LogP contribution in [0.2, 0.25) is 0 Å². The molecule has 0 aliphatic carbocycles. The van der Waals surface area contributed by atoms with E-state index in [4.69, 9.17) is 5.73 Å². The van der Waals surface area contributed by atoms with Gasteiger partial charge in [-0.15, -0.1) is 0 Å². The Morgan fingerprint density at radius 3 is 2.42 bits per heavy atom. The molecular formula is C15H22F2N2. The molecule has 0 spiro atoms. The van der Waals surface area contributed by atoms with Crippen LogP contribution in [0, 0.1) is 23.5 Å². The van der Waals surface area contributed by atoms with Gasteiger partial charge in [-0.05, 0) is 36.9 Å². The van der Waals surface area contributed by atoms with Gasteiger partial charge in [0.25, 0.3) is 0 Å². The number of benzene rings is 1. The van der Waals surface area contributed by atoms with E-state index in [9.17, 15) is 8.78 Å². The van der Waals surface area contributed by atoms with Gasteiger partial charge in [0.2, 0.25) is 0 Å². The zero-order chi connectivity index (χ0) is 14.0. The molecule has 0 saturated carbocycles. The van der Waals surface area contributed by atoms with E-state index in [0.717, 1.165) is 19.5 Å². The highest BCUT2D eigenvalue weighted by molar-refractivity contribution is 5.24. The van der Waals surface area contributed by atoms with Gasteiger partial charge in [-0.3, -0.25) is 4.90 Å². The minimum atomic E-state index is -0.497. The molecule has 0 bridgehead atoms. The maximum absolute atomic E-state index is 13.9. The van der Waals surface area contributed by atoms with Crippen LogP contribution >= 0.6 is 0 Å².